The van der Waals surface area contributed by atoms with Gasteiger partial charge in [-0.25, -0.2) is 8.42 Å². The topological polar surface area (TPSA) is 42.3 Å². The van der Waals surface area contributed by atoms with Crippen LogP contribution in [0.15, 0.2) is 180 Å². The molecule has 10 rings (SSSR count). The second-order valence-corrected chi connectivity index (χ2v) is 14.4. The molecule has 1 spiro atoms. The van der Waals surface area contributed by atoms with Crippen LogP contribution in [0.5, 0.6) is 0 Å². The fourth-order valence-electron chi connectivity index (χ4n) is 8.32. The summed E-state index contributed by atoms with van der Waals surface area (Å²) >= 11 is 0. The van der Waals surface area contributed by atoms with Crippen LogP contribution < -0.4 is 4.90 Å². The van der Waals surface area contributed by atoms with Crippen molar-refractivity contribution in [3.8, 4) is 5.69 Å². The molecule has 0 saturated heterocycles. The lowest BCUT2D eigenvalue weighted by Gasteiger charge is -2.48. The zero-order valence-corrected chi connectivity index (χ0v) is 26.6. The van der Waals surface area contributed by atoms with Crippen molar-refractivity contribution in [2.24, 2.45) is 0 Å². The van der Waals surface area contributed by atoms with Gasteiger partial charge >= 0.3 is 0 Å². The molecule has 8 aromatic rings. The highest BCUT2D eigenvalue weighted by Gasteiger charge is 2.53. The van der Waals surface area contributed by atoms with Gasteiger partial charge in [-0.1, -0.05) is 109 Å². The van der Waals surface area contributed by atoms with Crippen LogP contribution in [0.1, 0.15) is 22.3 Å². The van der Waals surface area contributed by atoms with E-state index in [4.69, 9.17) is 0 Å². The molecule has 2 aliphatic rings. The Kier molecular flexibility index (Phi) is 5.56. The first-order valence-corrected chi connectivity index (χ1v) is 17.6. The van der Waals surface area contributed by atoms with Gasteiger partial charge in [-0.05, 0) is 82.9 Å². The molecule has 0 atom stereocenters. The van der Waals surface area contributed by atoms with Gasteiger partial charge in [-0.3, -0.25) is 0 Å². The Morgan fingerprint density at radius 3 is 1.65 bits per heavy atom. The van der Waals surface area contributed by atoms with Crippen LogP contribution in [0.25, 0.3) is 27.5 Å². The Morgan fingerprint density at radius 1 is 0.417 bits per heavy atom. The van der Waals surface area contributed by atoms with Crippen LogP contribution in [-0.2, 0) is 15.3 Å². The maximum atomic E-state index is 14.9. The van der Waals surface area contributed by atoms with Crippen molar-refractivity contribution in [1.29, 1.82) is 0 Å². The second-order valence-electron chi connectivity index (χ2n) is 12.5. The van der Waals surface area contributed by atoms with Crippen molar-refractivity contribution in [2.45, 2.75) is 15.2 Å². The standard InChI is InChI=1S/C43H28N2O2S/c46-48(47)41-26-14-10-22-35(41)43(33-20-8-12-24-38(33)45(30-17-5-2-6-18-30)39-25-13-9-21-34(39)43)36-28-40-32(27-42(36)48)31-19-7-11-23-37(31)44(40)29-15-3-1-4-16-29/h1-28H. The summed E-state index contributed by atoms with van der Waals surface area (Å²) in [5.41, 5.74) is 8.81. The number of aromatic nitrogens is 1. The van der Waals surface area contributed by atoms with E-state index in [0.717, 1.165) is 66.8 Å². The Morgan fingerprint density at radius 2 is 0.958 bits per heavy atom. The quantitative estimate of drug-likeness (QED) is 0.190. The first-order valence-electron chi connectivity index (χ1n) is 16.1. The molecular formula is C43H28N2O2S. The third-order valence-corrected chi connectivity index (χ3v) is 12.0. The molecule has 0 N–H and O–H groups in total. The number of hydrogen-bond donors (Lipinski definition) is 0. The molecule has 5 heteroatoms. The molecule has 0 saturated carbocycles. The molecule has 2 aliphatic heterocycles. The number of anilines is 3. The van der Waals surface area contributed by atoms with Crippen LogP contribution >= 0.6 is 0 Å². The largest absolute Gasteiger partial charge is 0.310 e. The van der Waals surface area contributed by atoms with Crippen LogP contribution in [0, 0.1) is 0 Å². The molecule has 0 radical (unpaired) electrons. The van der Waals surface area contributed by atoms with Gasteiger partial charge in [-0.15, -0.1) is 0 Å². The van der Waals surface area contributed by atoms with Crippen molar-refractivity contribution in [3.05, 3.63) is 192 Å². The summed E-state index contributed by atoms with van der Waals surface area (Å²) in [5, 5.41) is 1.93. The minimum Gasteiger partial charge on any atom is -0.310 e. The minimum absolute atomic E-state index is 0.349. The highest BCUT2D eigenvalue weighted by molar-refractivity contribution is 7.91. The van der Waals surface area contributed by atoms with Crippen LogP contribution in [0.3, 0.4) is 0 Å². The van der Waals surface area contributed by atoms with Crippen molar-refractivity contribution in [2.75, 3.05) is 4.90 Å². The number of sulfone groups is 1. The van der Waals surface area contributed by atoms with Crippen LogP contribution in [-0.4, -0.2) is 13.0 Å². The number of benzene rings is 7. The highest BCUT2D eigenvalue weighted by atomic mass is 32.2. The Labute approximate surface area is 278 Å². The van der Waals surface area contributed by atoms with Gasteiger partial charge in [0.15, 0.2) is 0 Å². The van der Waals surface area contributed by atoms with E-state index in [0.29, 0.717) is 9.79 Å². The lowest BCUT2D eigenvalue weighted by atomic mass is 9.62. The molecule has 1 aromatic heterocycles. The van der Waals surface area contributed by atoms with Gasteiger partial charge in [0.25, 0.3) is 0 Å². The Balaban J connectivity index is 1.43. The van der Waals surface area contributed by atoms with Gasteiger partial charge in [-0.2, -0.15) is 0 Å². The zero-order valence-electron chi connectivity index (χ0n) is 25.8. The van der Waals surface area contributed by atoms with Crippen LogP contribution in [0.4, 0.5) is 17.1 Å². The van der Waals surface area contributed by atoms with Gasteiger partial charge in [0.1, 0.15) is 0 Å². The molecule has 0 amide bonds. The lowest BCUT2D eigenvalue weighted by Crippen LogP contribution is -2.42. The number of nitrogens with zero attached hydrogens (tertiary/aromatic N) is 2. The van der Waals surface area contributed by atoms with E-state index in [1.807, 2.05) is 60.7 Å². The smallest absolute Gasteiger partial charge is 0.207 e. The summed E-state index contributed by atoms with van der Waals surface area (Å²) in [4.78, 5) is 3.00. The van der Waals surface area contributed by atoms with E-state index in [1.54, 1.807) is 6.07 Å². The van der Waals surface area contributed by atoms with Gasteiger partial charge in [0, 0.05) is 22.1 Å². The van der Waals surface area contributed by atoms with Gasteiger partial charge in [0.2, 0.25) is 9.84 Å². The van der Waals surface area contributed by atoms with Crippen molar-refractivity contribution >= 4 is 48.7 Å². The summed E-state index contributed by atoms with van der Waals surface area (Å²) < 4.78 is 32.0. The van der Waals surface area contributed by atoms with E-state index in [9.17, 15) is 8.42 Å². The number of hydrogen-bond acceptors (Lipinski definition) is 3. The van der Waals surface area contributed by atoms with E-state index in [1.165, 1.54) is 0 Å². The third-order valence-electron chi connectivity index (χ3n) is 10.2. The third kappa shape index (κ3) is 3.41. The highest BCUT2D eigenvalue weighted by Crippen LogP contribution is 2.62. The molecule has 0 bridgehead atoms. The van der Waals surface area contributed by atoms with Crippen LogP contribution in [0.2, 0.25) is 0 Å². The monoisotopic (exact) mass is 636 g/mol. The maximum absolute atomic E-state index is 14.9. The maximum Gasteiger partial charge on any atom is 0.207 e. The Hall–Kier alpha value is -5.91. The van der Waals surface area contributed by atoms with E-state index in [2.05, 4.69) is 113 Å². The number of rotatable bonds is 2. The molecule has 48 heavy (non-hydrogen) atoms. The van der Waals surface area contributed by atoms with Gasteiger partial charge < -0.3 is 9.47 Å². The number of para-hydroxylation sites is 5. The summed E-state index contributed by atoms with van der Waals surface area (Å²) in [6, 6.07) is 57.6. The molecular weight excluding hydrogens is 609 g/mol. The summed E-state index contributed by atoms with van der Waals surface area (Å²) in [7, 11) is -3.89. The lowest BCUT2D eigenvalue weighted by molar-refractivity contribution is 0.578. The molecule has 7 aromatic carbocycles. The average Bonchev–Trinajstić information content (AvgIpc) is 3.47. The Bertz CT molecular complexity index is 2650. The van der Waals surface area contributed by atoms with E-state index in [-0.39, 0.29) is 0 Å². The second kappa shape index (κ2) is 9.80. The minimum atomic E-state index is -3.89. The van der Waals surface area contributed by atoms with Crippen molar-refractivity contribution in [3.63, 3.8) is 0 Å². The summed E-state index contributed by atoms with van der Waals surface area (Å²) in [5.74, 6) is 0. The molecule has 0 unspecified atom stereocenters. The van der Waals surface area contributed by atoms with E-state index >= 15 is 0 Å². The summed E-state index contributed by atoms with van der Waals surface area (Å²) in [6.07, 6.45) is 0. The molecule has 3 heterocycles. The molecule has 0 fully saturated rings. The van der Waals surface area contributed by atoms with Gasteiger partial charge in [0.05, 0.1) is 37.6 Å². The zero-order chi connectivity index (χ0) is 32.0. The normalized spacial score (nSPS) is 15.1. The molecule has 228 valence electrons. The predicted octanol–water partition coefficient (Wildman–Crippen LogP) is 10.1. The fourth-order valence-corrected chi connectivity index (χ4v) is 10.1. The summed E-state index contributed by atoms with van der Waals surface area (Å²) in [6.45, 7) is 0. The molecule has 4 nitrogen and oxygen atoms in total. The SMILES string of the molecule is O=S1(=O)c2ccccc2C2(c3ccccc3N(c3ccccc3)c3ccccc32)c2cc3c(cc21)c1ccccc1n3-c1ccccc1. The first kappa shape index (κ1) is 27.2. The first-order chi connectivity index (χ1) is 23.6. The number of fused-ring (bicyclic) bond motifs is 11. The van der Waals surface area contributed by atoms with Crippen molar-refractivity contribution in [1.82, 2.24) is 4.57 Å². The predicted molar refractivity (Wildman–Crippen MR) is 193 cm³/mol. The van der Waals surface area contributed by atoms with E-state index < -0.39 is 15.3 Å². The fraction of sp³-hybridized carbons (Fsp3) is 0.0233. The average molecular weight is 637 g/mol. The van der Waals surface area contributed by atoms with Crippen molar-refractivity contribution < 1.29 is 8.42 Å². The molecule has 0 aliphatic carbocycles.